The summed E-state index contributed by atoms with van der Waals surface area (Å²) in [6.45, 7) is 0.488. The van der Waals surface area contributed by atoms with Crippen molar-refractivity contribution in [3.8, 4) is 5.75 Å². The third-order valence-corrected chi connectivity index (χ3v) is 3.07. The van der Waals surface area contributed by atoms with Crippen molar-refractivity contribution < 1.29 is 24.2 Å². The highest BCUT2D eigenvalue weighted by molar-refractivity contribution is 5.91. The van der Waals surface area contributed by atoms with E-state index in [2.05, 4.69) is 0 Å². The Morgan fingerprint density at radius 3 is 2.55 bits per heavy atom. The van der Waals surface area contributed by atoms with Gasteiger partial charge in [0.25, 0.3) is 0 Å². The zero-order chi connectivity index (χ0) is 15.9. The van der Waals surface area contributed by atoms with Gasteiger partial charge in [0.1, 0.15) is 0 Å². The molecule has 22 heavy (non-hydrogen) atoms. The molecule has 0 aliphatic rings. The Bertz CT molecular complexity index is 648. The summed E-state index contributed by atoms with van der Waals surface area (Å²) < 4.78 is 11.9. The van der Waals surface area contributed by atoms with Gasteiger partial charge in [-0.3, -0.25) is 4.79 Å². The van der Waals surface area contributed by atoms with Gasteiger partial charge in [0.2, 0.25) is 0 Å². The van der Waals surface area contributed by atoms with Gasteiger partial charge in [-0.2, -0.15) is 0 Å². The molecule has 0 aliphatic carbocycles. The van der Waals surface area contributed by atoms with Crippen molar-refractivity contribution >= 4 is 11.9 Å². The van der Waals surface area contributed by atoms with Crippen LogP contribution in [0.3, 0.4) is 0 Å². The van der Waals surface area contributed by atoms with Gasteiger partial charge in [-0.1, -0.05) is 30.3 Å². The Morgan fingerprint density at radius 2 is 1.91 bits per heavy atom. The maximum atomic E-state index is 12.0. The average Bonchev–Trinajstić information content (AvgIpc) is 2.90. The fourth-order valence-corrected chi connectivity index (χ4v) is 2.04. The van der Waals surface area contributed by atoms with Gasteiger partial charge < -0.3 is 19.1 Å². The van der Waals surface area contributed by atoms with E-state index < -0.39 is 11.9 Å². The molecule has 116 valence electrons. The third-order valence-electron chi connectivity index (χ3n) is 3.07. The fourth-order valence-electron chi connectivity index (χ4n) is 2.04. The summed E-state index contributed by atoms with van der Waals surface area (Å²) in [7, 11) is 1.29. The van der Waals surface area contributed by atoms with Crippen LogP contribution in [0.1, 0.15) is 22.5 Å². The lowest BCUT2D eigenvalue weighted by Crippen LogP contribution is -2.13. The minimum Gasteiger partial charge on any atom is -0.490 e. The number of hydrogen-bond donors (Lipinski definition) is 1. The molecule has 2 rings (SSSR count). The highest BCUT2D eigenvalue weighted by Crippen LogP contribution is 2.22. The van der Waals surface area contributed by atoms with E-state index in [0.717, 1.165) is 5.56 Å². The molecular formula is C16H17NO5. The average molecular weight is 303 g/mol. The second kappa shape index (κ2) is 7.31. The van der Waals surface area contributed by atoms with Crippen LogP contribution in [0.25, 0.3) is 0 Å². The monoisotopic (exact) mass is 303 g/mol. The van der Waals surface area contributed by atoms with Crippen LogP contribution in [0.4, 0.5) is 0 Å². The molecule has 1 aromatic carbocycles. The number of carboxylic acids is 1. The lowest BCUT2D eigenvalue weighted by Gasteiger charge is -2.10. The van der Waals surface area contributed by atoms with E-state index in [0.29, 0.717) is 12.3 Å². The number of rotatable bonds is 7. The van der Waals surface area contributed by atoms with Crippen molar-refractivity contribution in [1.82, 2.24) is 4.57 Å². The first-order valence-corrected chi connectivity index (χ1v) is 6.77. The van der Waals surface area contributed by atoms with E-state index in [1.807, 2.05) is 30.3 Å². The van der Waals surface area contributed by atoms with E-state index in [9.17, 15) is 9.59 Å². The van der Waals surface area contributed by atoms with Gasteiger partial charge in [0, 0.05) is 12.7 Å². The van der Waals surface area contributed by atoms with Gasteiger partial charge in [0.05, 0.1) is 20.1 Å². The summed E-state index contributed by atoms with van der Waals surface area (Å²) in [4.78, 5) is 22.5. The summed E-state index contributed by atoms with van der Waals surface area (Å²) >= 11 is 0. The Morgan fingerprint density at radius 1 is 1.18 bits per heavy atom. The van der Waals surface area contributed by atoms with Crippen LogP contribution < -0.4 is 4.74 Å². The summed E-state index contributed by atoms with van der Waals surface area (Å²) in [5, 5.41) is 8.64. The Hall–Kier alpha value is -2.76. The second-order valence-electron chi connectivity index (χ2n) is 4.63. The molecule has 0 spiro atoms. The summed E-state index contributed by atoms with van der Waals surface area (Å²) in [5.41, 5.74) is 1.30. The van der Waals surface area contributed by atoms with E-state index in [1.54, 1.807) is 16.8 Å². The number of esters is 1. The number of hydrogen-bond acceptors (Lipinski definition) is 4. The van der Waals surface area contributed by atoms with Crippen LogP contribution in [0.5, 0.6) is 5.75 Å². The van der Waals surface area contributed by atoms with E-state index in [1.165, 1.54) is 7.11 Å². The maximum Gasteiger partial charge on any atom is 0.358 e. The Labute approximate surface area is 127 Å². The molecule has 0 unspecified atom stereocenters. The molecule has 0 saturated carbocycles. The molecule has 0 amide bonds. The summed E-state index contributed by atoms with van der Waals surface area (Å²) in [5.74, 6) is -1.15. The highest BCUT2D eigenvalue weighted by Gasteiger charge is 2.19. The van der Waals surface area contributed by atoms with Crippen molar-refractivity contribution in [1.29, 1.82) is 0 Å². The minimum absolute atomic E-state index is 0.00528. The van der Waals surface area contributed by atoms with Crippen LogP contribution in [0, 0.1) is 0 Å². The van der Waals surface area contributed by atoms with Crippen LogP contribution in [-0.4, -0.2) is 35.3 Å². The highest BCUT2D eigenvalue weighted by atomic mass is 16.5. The number of carbonyl (C=O) groups is 2. The van der Waals surface area contributed by atoms with Gasteiger partial charge in [-0.25, -0.2) is 4.79 Å². The topological polar surface area (TPSA) is 77.8 Å². The standard InChI is InChI=1S/C16H17NO5/c1-21-16(20)15-13(22-10-8-14(18)19)7-9-17(15)11-12-5-3-2-4-6-12/h2-7,9H,8,10-11H2,1H3,(H,18,19). The molecule has 1 N–H and O–H groups in total. The predicted octanol–water partition coefficient (Wildman–Crippen LogP) is 2.18. The predicted molar refractivity (Wildman–Crippen MR) is 79.1 cm³/mol. The molecule has 0 aliphatic heterocycles. The lowest BCUT2D eigenvalue weighted by molar-refractivity contribution is -0.137. The quantitative estimate of drug-likeness (QED) is 0.793. The van der Waals surface area contributed by atoms with Crippen molar-refractivity contribution in [3.63, 3.8) is 0 Å². The second-order valence-corrected chi connectivity index (χ2v) is 4.63. The van der Waals surface area contributed by atoms with Crippen LogP contribution in [0.15, 0.2) is 42.6 Å². The molecular weight excluding hydrogens is 286 g/mol. The number of aromatic nitrogens is 1. The number of nitrogens with zero attached hydrogens (tertiary/aromatic N) is 1. The number of aliphatic carboxylic acids is 1. The Balaban J connectivity index is 2.20. The molecule has 1 aromatic heterocycles. The molecule has 6 nitrogen and oxygen atoms in total. The molecule has 6 heteroatoms. The smallest absolute Gasteiger partial charge is 0.358 e. The SMILES string of the molecule is COC(=O)c1c(OCCC(=O)O)ccn1Cc1ccccc1. The van der Waals surface area contributed by atoms with Crippen molar-refractivity contribution in [2.24, 2.45) is 0 Å². The number of methoxy groups -OCH3 is 1. The first kappa shape index (κ1) is 15.6. The molecule has 0 atom stereocenters. The van der Waals surface area contributed by atoms with Crippen molar-refractivity contribution in [2.45, 2.75) is 13.0 Å². The fraction of sp³-hybridized carbons (Fsp3) is 0.250. The first-order chi connectivity index (χ1) is 10.6. The Kier molecular flexibility index (Phi) is 5.19. The van der Waals surface area contributed by atoms with Crippen LogP contribution in [-0.2, 0) is 16.1 Å². The molecule has 0 bridgehead atoms. The number of ether oxygens (including phenoxy) is 2. The first-order valence-electron chi connectivity index (χ1n) is 6.77. The zero-order valence-corrected chi connectivity index (χ0v) is 12.2. The minimum atomic E-state index is -0.955. The molecule has 0 radical (unpaired) electrons. The van der Waals surface area contributed by atoms with E-state index in [4.69, 9.17) is 14.6 Å². The molecule has 2 aromatic rings. The van der Waals surface area contributed by atoms with Crippen LogP contribution >= 0.6 is 0 Å². The van der Waals surface area contributed by atoms with Gasteiger partial charge >= 0.3 is 11.9 Å². The number of carboxylic acid groups (broad SMARTS) is 1. The van der Waals surface area contributed by atoms with Crippen molar-refractivity contribution in [3.05, 3.63) is 53.9 Å². The summed E-state index contributed by atoms with van der Waals surface area (Å²) in [6.07, 6.45) is 1.58. The maximum absolute atomic E-state index is 12.0. The van der Waals surface area contributed by atoms with Gasteiger partial charge in [0.15, 0.2) is 11.4 Å². The molecule has 0 fully saturated rings. The largest absolute Gasteiger partial charge is 0.490 e. The van der Waals surface area contributed by atoms with Crippen LogP contribution in [0.2, 0.25) is 0 Å². The van der Waals surface area contributed by atoms with Crippen molar-refractivity contribution in [2.75, 3.05) is 13.7 Å². The van der Waals surface area contributed by atoms with Gasteiger partial charge in [-0.05, 0) is 11.6 Å². The molecule has 0 saturated heterocycles. The zero-order valence-electron chi connectivity index (χ0n) is 12.2. The van der Waals surface area contributed by atoms with Gasteiger partial charge in [-0.15, -0.1) is 0 Å². The number of benzene rings is 1. The number of carbonyl (C=O) groups excluding carboxylic acids is 1. The van der Waals surface area contributed by atoms with E-state index >= 15 is 0 Å². The van der Waals surface area contributed by atoms with E-state index in [-0.39, 0.29) is 18.7 Å². The third kappa shape index (κ3) is 3.88. The summed E-state index contributed by atoms with van der Waals surface area (Å²) in [6, 6.07) is 11.3. The lowest BCUT2D eigenvalue weighted by atomic mass is 10.2. The molecule has 1 heterocycles. The normalized spacial score (nSPS) is 10.2.